The summed E-state index contributed by atoms with van der Waals surface area (Å²) in [7, 11) is 1.44. The van der Waals surface area contributed by atoms with Crippen LogP contribution in [0.5, 0.6) is 0 Å². The average Bonchev–Trinajstić information content (AvgIpc) is 1.88. The van der Waals surface area contributed by atoms with Gasteiger partial charge in [-0.2, -0.15) is 0 Å². The highest BCUT2D eigenvalue weighted by Gasteiger charge is 1.86. The monoisotopic (exact) mass is 136 g/mol. The summed E-state index contributed by atoms with van der Waals surface area (Å²) >= 11 is 0. The first-order valence-electron chi connectivity index (χ1n) is 2.94. The number of hydrogen-bond acceptors (Lipinski definition) is 2. The smallest absolute Gasteiger partial charge is 0.181 e. The second-order valence-corrected chi connectivity index (χ2v) is 1.96. The third kappa shape index (κ3) is 1.85. The fraction of sp³-hybridized carbons (Fsp3) is 0.143. The Morgan fingerprint density at radius 2 is 2.10 bits per heavy atom. The van der Waals surface area contributed by atoms with Crippen LogP contribution in [0.15, 0.2) is 24.5 Å². The molecule has 0 bridgehead atoms. The maximum absolute atomic E-state index is 10.5. The lowest BCUT2D eigenvalue weighted by Gasteiger charge is -1.93. The van der Waals surface area contributed by atoms with Crippen molar-refractivity contribution >= 4 is 6.21 Å². The number of hydroxylamine groups is 1. The Labute approximate surface area is 59.2 Å². The molecule has 3 heteroatoms. The van der Waals surface area contributed by atoms with Crippen molar-refractivity contribution in [1.82, 2.24) is 4.98 Å². The zero-order valence-corrected chi connectivity index (χ0v) is 5.69. The van der Waals surface area contributed by atoms with Gasteiger partial charge in [0.2, 0.25) is 0 Å². The Hall–Kier alpha value is -1.38. The van der Waals surface area contributed by atoms with E-state index in [1.54, 1.807) is 24.5 Å². The third-order valence-electron chi connectivity index (χ3n) is 1.04. The van der Waals surface area contributed by atoms with Crippen molar-refractivity contribution < 1.29 is 4.74 Å². The van der Waals surface area contributed by atoms with E-state index in [0.717, 1.165) is 10.3 Å². The minimum Gasteiger partial charge on any atom is -0.624 e. The van der Waals surface area contributed by atoms with Gasteiger partial charge in [0, 0.05) is 18.0 Å². The topological polar surface area (TPSA) is 39.0 Å². The largest absolute Gasteiger partial charge is 0.624 e. The number of hydrogen-bond donors (Lipinski definition) is 0. The molecule has 0 aromatic carbocycles. The summed E-state index contributed by atoms with van der Waals surface area (Å²) in [5, 5.41) is 10.5. The maximum Gasteiger partial charge on any atom is 0.181 e. The normalized spacial score (nSPS) is 11.5. The highest BCUT2D eigenvalue weighted by molar-refractivity contribution is 5.74. The molecule has 3 nitrogen and oxygen atoms in total. The molecule has 0 spiro atoms. The van der Waals surface area contributed by atoms with E-state index >= 15 is 0 Å². The van der Waals surface area contributed by atoms with Gasteiger partial charge >= 0.3 is 0 Å². The molecule has 0 unspecified atom stereocenters. The molecule has 0 fully saturated rings. The van der Waals surface area contributed by atoms with Crippen molar-refractivity contribution in [3.8, 4) is 0 Å². The van der Waals surface area contributed by atoms with Gasteiger partial charge in [-0.3, -0.25) is 4.98 Å². The van der Waals surface area contributed by atoms with E-state index < -0.39 is 0 Å². The van der Waals surface area contributed by atoms with Crippen molar-refractivity contribution in [3.05, 3.63) is 35.3 Å². The molecule has 0 aliphatic heterocycles. The summed E-state index contributed by atoms with van der Waals surface area (Å²) in [6, 6.07) is 3.54. The molecule has 1 aromatic rings. The summed E-state index contributed by atoms with van der Waals surface area (Å²) < 4.78 is 0.759. The van der Waals surface area contributed by atoms with Gasteiger partial charge in [0.05, 0.1) is 0 Å². The Morgan fingerprint density at radius 1 is 1.50 bits per heavy atom. The van der Waals surface area contributed by atoms with E-state index in [4.69, 9.17) is 0 Å². The minimum absolute atomic E-state index is 0.759. The first-order chi connectivity index (χ1) is 4.79. The van der Waals surface area contributed by atoms with E-state index in [9.17, 15) is 5.21 Å². The number of aromatic nitrogens is 1. The van der Waals surface area contributed by atoms with Crippen LogP contribution in [-0.4, -0.2) is 23.0 Å². The molecule has 0 aliphatic carbocycles. The lowest BCUT2D eigenvalue weighted by Crippen LogP contribution is -1.96. The van der Waals surface area contributed by atoms with Crippen molar-refractivity contribution in [2.45, 2.75) is 0 Å². The molecule has 52 valence electrons. The minimum atomic E-state index is 0.759. The van der Waals surface area contributed by atoms with E-state index in [1.807, 2.05) is 0 Å². The van der Waals surface area contributed by atoms with Gasteiger partial charge in [0.1, 0.15) is 7.05 Å². The van der Waals surface area contributed by atoms with Crippen LogP contribution in [0.1, 0.15) is 5.56 Å². The molecular formula is C7H8N2O. The van der Waals surface area contributed by atoms with Crippen LogP contribution in [0.25, 0.3) is 0 Å². The molecule has 0 aliphatic rings. The summed E-state index contributed by atoms with van der Waals surface area (Å²) in [6.07, 6.45) is 4.78. The number of rotatable bonds is 1. The number of pyridine rings is 1. The van der Waals surface area contributed by atoms with Gasteiger partial charge in [0.15, 0.2) is 6.21 Å². The highest BCUT2D eigenvalue weighted by Crippen LogP contribution is 1.89. The maximum atomic E-state index is 10.5. The van der Waals surface area contributed by atoms with E-state index in [1.165, 1.54) is 13.3 Å². The summed E-state index contributed by atoms with van der Waals surface area (Å²) in [4.78, 5) is 3.81. The molecule has 1 heterocycles. The SMILES string of the molecule is C/[N+]([O-])=C/c1ccncc1. The van der Waals surface area contributed by atoms with Gasteiger partial charge in [0.25, 0.3) is 0 Å². The van der Waals surface area contributed by atoms with Crippen LogP contribution in [0.3, 0.4) is 0 Å². The lowest BCUT2D eigenvalue weighted by molar-refractivity contribution is -0.416. The molecule has 10 heavy (non-hydrogen) atoms. The Kier molecular flexibility index (Phi) is 1.99. The van der Waals surface area contributed by atoms with Crippen LogP contribution in [0.2, 0.25) is 0 Å². The van der Waals surface area contributed by atoms with Crippen molar-refractivity contribution in [2.75, 3.05) is 7.05 Å². The average molecular weight is 136 g/mol. The molecule has 0 atom stereocenters. The second kappa shape index (κ2) is 2.96. The fourth-order valence-electron chi connectivity index (χ4n) is 0.659. The summed E-state index contributed by atoms with van der Waals surface area (Å²) in [5.41, 5.74) is 0.868. The van der Waals surface area contributed by atoms with Gasteiger partial charge in [-0.1, -0.05) is 0 Å². The molecule has 0 saturated carbocycles. The molecule has 1 aromatic heterocycles. The van der Waals surface area contributed by atoms with Crippen LogP contribution in [0.4, 0.5) is 0 Å². The Bertz CT molecular complexity index is 227. The van der Waals surface area contributed by atoms with Gasteiger partial charge in [-0.15, -0.1) is 0 Å². The van der Waals surface area contributed by atoms with Crippen LogP contribution in [0, 0.1) is 5.21 Å². The molecular weight excluding hydrogens is 128 g/mol. The predicted molar refractivity (Wildman–Crippen MR) is 39.0 cm³/mol. The lowest BCUT2D eigenvalue weighted by atomic mass is 10.3. The Morgan fingerprint density at radius 3 is 2.60 bits per heavy atom. The fourth-order valence-corrected chi connectivity index (χ4v) is 0.659. The third-order valence-corrected chi connectivity index (χ3v) is 1.04. The quantitative estimate of drug-likeness (QED) is 0.246. The number of nitrogens with zero attached hydrogens (tertiary/aromatic N) is 2. The zero-order chi connectivity index (χ0) is 7.40. The van der Waals surface area contributed by atoms with Gasteiger partial charge in [-0.25, -0.2) is 4.74 Å². The second-order valence-electron chi connectivity index (χ2n) is 1.96. The summed E-state index contributed by atoms with van der Waals surface area (Å²) in [5.74, 6) is 0. The van der Waals surface area contributed by atoms with Crippen molar-refractivity contribution in [1.29, 1.82) is 0 Å². The highest BCUT2D eigenvalue weighted by atomic mass is 16.5. The molecule has 0 radical (unpaired) electrons. The molecule has 0 N–H and O–H groups in total. The predicted octanol–water partition coefficient (Wildman–Crippen LogP) is 0.641. The first kappa shape index (κ1) is 6.74. The van der Waals surface area contributed by atoms with Crippen LogP contribution < -0.4 is 0 Å². The van der Waals surface area contributed by atoms with Gasteiger partial charge < -0.3 is 5.21 Å². The molecule has 0 saturated heterocycles. The van der Waals surface area contributed by atoms with E-state index in [2.05, 4.69) is 4.98 Å². The van der Waals surface area contributed by atoms with E-state index in [0.29, 0.717) is 0 Å². The van der Waals surface area contributed by atoms with Crippen molar-refractivity contribution in [3.63, 3.8) is 0 Å². The first-order valence-corrected chi connectivity index (χ1v) is 2.94. The van der Waals surface area contributed by atoms with Gasteiger partial charge in [-0.05, 0) is 12.1 Å². The molecule has 1 rings (SSSR count). The zero-order valence-electron chi connectivity index (χ0n) is 5.69. The van der Waals surface area contributed by atoms with Crippen LogP contribution in [-0.2, 0) is 0 Å². The standard InChI is InChI=1S/C7H8N2O/c1-9(10)6-7-2-4-8-5-3-7/h2-6H,1H3/b9-6-. The summed E-state index contributed by atoms with van der Waals surface area (Å²) in [6.45, 7) is 0. The van der Waals surface area contributed by atoms with Crippen molar-refractivity contribution in [2.24, 2.45) is 0 Å². The Balaban J connectivity index is 2.87. The van der Waals surface area contributed by atoms with E-state index in [-0.39, 0.29) is 0 Å². The van der Waals surface area contributed by atoms with Crippen LogP contribution >= 0.6 is 0 Å². The molecule has 0 amide bonds.